The number of nitrogens with one attached hydrogen (secondary N) is 1. The van der Waals surface area contributed by atoms with Gasteiger partial charge < -0.3 is 20.3 Å². The average Bonchev–Trinajstić information content (AvgIpc) is 2.83. The molecule has 1 aliphatic rings. The Hall–Kier alpha value is -2.76. The minimum absolute atomic E-state index is 0.115. The Labute approximate surface area is 119 Å². The van der Waals surface area contributed by atoms with Gasteiger partial charge in [-0.3, -0.25) is 0 Å². The Morgan fingerprint density at radius 1 is 1.29 bits per heavy atom. The van der Waals surface area contributed by atoms with Gasteiger partial charge in [-0.05, 0) is 30.3 Å². The lowest BCUT2D eigenvalue weighted by atomic mass is 10.1. The number of hydrogen-bond acceptors (Lipinski definition) is 4. The second-order valence-corrected chi connectivity index (χ2v) is 4.73. The molecule has 0 aromatic heterocycles. The summed E-state index contributed by atoms with van der Waals surface area (Å²) in [6.45, 7) is 0.346. The van der Waals surface area contributed by atoms with E-state index in [-0.39, 0.29) is 17.4 Å². The summed E-state index contributed by atoms with van der Waals surface area (Å²) in [5.41, 5.74) is 0.960. The number of halogens is 1. The molecule has 1 unspecified atom stereocenters. The highest BCUT2D eigenvalue weighted by atomic mass is 19.1. The maximum atomic E-state index is 13.4. The third-order valence-corrected chi connectivity index (χ3v) is 3.32. The number of hydrogen-bond donors (Lipinski definition) is 3. The van der Waals surface area contributed by atoms with Crippen molar-refractivity contribution in [2.45, 2.75) is 6.04 Å². The van der Waals surface area contributed by atoms with E-state index in [1.807, 2.05) is 0 Å². The molecule has 5 nitrogen and oxygen atoms in total. The van der Waals surface area contributed by atoms with E-state index < -0.39 is 11.8 Å². The fourth-order valence-electron chi connectivity index (χ4n) is 2.30. The number of aromatic carboxylic acids is 1. The van der Waals surface area contributed by atoms with Crippen LogP contribution in [0.1, 0.15) is 22.0 Å². The summed E-state index contributed by atoms with van der Waals surface area (Å²) in [4.78, 5) is 10.9. The minimum Gasteiger partial charge on any atom is -0.508 e. The second kappa shape index (κ2) is 4.97. The van der Waals surface area contributed by atoms with E-state index >= 15 is 0 Å². The highest BCUT2D eigenvalue weighted by molar-refractivity contribution is 5.89. The first-order chi connectivity index (χ1) is 10.0. The highest BCUT2D eigenvalue weighted by Gasteiger charge is 2.24. The molecule has 0 saturated carbocycles. The molecule has 0 aliphatic carbocycles. The highest BCUT2D eigenvalue weighted by Crippen LogP contribution is 2.36. The van der Waals surface area contributed by atoms with Crippen LogP contribution in [0.3, 0.4) is 0 Å². The summed E-state index contributed by atoms with van der Waals surface area (Å²) >= 11 is 0. The number of carbonyl (C=O) groups is 1. The van der Waals surface area contributed by atoms with Crippen LogP contribution < -0.4 is 10.1 Å². The van der Waals surface area contributed by atoms with E-state index in [1.54, 1.807) is 12.1 Å². The Balaban J connectivity index is 1.86. The summed E-state index contributed by atoms with van der Waals surface area (Å²) in [6.07, 6.45) is 0. The monoisotopic (exact) mass is 289 g/mol. The van der Waals surface area contributed by atoms with Gasteiger partial charge in [-0.2, -0.15) is 0 Å². The van der Waals surface area contributed by atoms with Crippen molar-refractivity contribution in [2.24, 2.45) is 0 Å². The Morgan fingerprint density at radius 3 is 2.86 bits per heavy atom. The molecule has 0 radical (unpaired) electrons. The van der Waals surface area contributed by atoms with Crippen molar-refractivity contribution in [3.63, 3.8) is 0 Å². The largest absolute Gasteiger partial charge is 0.508 e. The molecule has 3 N–H and O–H groups in total. The third kappa shape index (κ3) is 2.47. The summed E-state index contributed by atoms with van der Waals surface area (Å²) in [6, 6.07) is 8.44. The molecule has 1 atom stereocenters. The van der Waals surface area contributed by atoms with Gasteiger partial charge in [-0.15, -0.1) is 0 Å². The molecule has 2 aromatic carbocycles. The number of benzene rings is 2. The number of aromatic hydroxyl groups is 1. The van der Waals surface area contributed by atoms with Crippen LogP contribution in [0.15, 0.2) is 36.4 Å². The van der Waals surface area contributed by atoms with E-state index in [4.69, 9.17) is 9.84 Å². The van der Waals surface area contributed by atoms with Gasteiger partial charge in [0.15, 0.2) is 0 Å². The van der Waals surface area contributed by atoms with Crippen LogP contribution in [-0.4, -0.2) is 22.8 Å². The van der Waals surface area contributed by atoms with E-state index in [9.17, 15) is 14.3 Å². The molecule has 1 heterocycles. The number of phenolic OH excluding ortho intramolecular Hbond substituents is 1. The lowest BCUT2D eigenvalue weighted by Crippen LogP contribution is -2.12. The zero-order chi connectivity index (χ0) is 15.0. The van der Waals surface area contributed by atoms with E-state index in [2.05, 4.69) is 5.32 Å². The first-order valence-corrected chi connectivity index (χ1v) is 6.29. The predicted molar refractivity (Wildman–Crippen MR) is 73.3 cm³/mol. The number of carboxylic acid groups (broad SMARTS) is 1. The Bertz CT molecular complexity index is 717. The zero-order valence-corrected chi connectivity index (χ0v) is 10.8. The number of fused-ring (bicyclic) bond motifs is 1. The van der Waals surface area contributed by atoms with Crippen LogP contribution in [0.4, 0.5) is 10.1 Å². The van der Waals surface area contributed by atoms with Crippen molar-refractivity contribution < 1.29 is 24.1 Å². The molecule has 0 saturated heterocycles. The van der Waals surface area contributed by atoms with Crippen LogP contribution in [-0.2, 0) is 0 Å². The van der Waals surface area contributed by atoms with Crippen molar-refractivity contribution in [1.29, 1.82) is 0 Å². The SMILES string of the molecule is O=C(O)c1cc(NC2COc3cc(O)ccc32)ccc1F. The topological polar surface area (TPSA) is 78.8 Å². The molecule has 0 amide bonds. The van der Waals surface area contributed by atoms with Crippen molar-refractivity contribution in [1.82, 2.24) is 0 Å². The molecule has 21 heavy (non-hydrogen) atoms. The van der Waals surface area contributed by atoms with Crippen molar-refractivity contribution in [2.75, 3.05) is 11.9 Å². The summed E-state index contributed by atoms with van der Waals surface area (Å²) in [5, 5.41) is 21.4. The number of rotatable bonds is 3. The molecule has 0 fully saturated rings. The minimum atomic E-state index is -1.32. The standard InChI is InChI=1S/C15H12FNO4/c16-12-4-1-8(5-11(12)15(19)20)17-13-7-21-14-6-9(18)2-3-10(13)14/h1-6,13,17-18H,7H2,(H,19,20). The van der Waals surface area contributed by atoms with Gasteiger partial charge >= 0.3 is 5.97 Å². The quantitative estimate of drug-likeness (QED) is 0.809. The number of anilines is 1. The molecular formula is C15H12FNO4. The van der Waals surface area contributed by atoms with E-state index in [1.165, 1.54) is 18.2 Å². The Kier molecular flexibility index (Phi) is 3.13. The number of ether oxygens (including phenoxy) is 1. The van der Waals surface area contributed by atoms with Gasteiger partial charge in [-0.1, -0.05) is 0 Å². The van der Waals surface area contributed by atoms with Gasteiger partial charge in [0.1, 0.15) is 23.9 Å². The molecule has 108 valence electrons. The van der Waals surface area contributed by atoms with E-state index in [0.717, 1.165) is 11.6 Å². The van der Waals surface area contributed by atoms with Gasteiger partial charge in [0.2, 0.25) is 0 Å². The third-order valence-electron chi connectivity index (χ3n) is 3.32. The zero-order valence-electron chi connectivity index (χ0n) is 10.8. The molecule has 0 spiro atoms. The normalized spacial score (nSPS) is 16.1. The van der Waals surface area contributed by atoms with Crippen molar-refractivity contribution in [3.8, 4) is 11.5 Å². The fraction of sp³-hybridized carbons (Fsp3) is 0.133. The molecule has 2 aromatic rings. The molecule has 0 bridgehead atoms. The molecule has 3 rings (SSSR count). The van der Waals surface area contributed by atoms with Crippen LogP contribution in [0.25, 0.3) is 0 Å². The number of phenols is 1. The van der Waals surface area contributed by atoms with Crippen molar-refractivity contribution >= 4 is 11.7 Å². The van der Waals surface area contributed by atoms with Gasteiger partial charge in [0.25, 0.3) is 0 Å². The number of carboxylic acids is 1. The predicted octanol–water partition coefficient (Wildman–Crippen LogP) is 2.78. The van der Waals surface area contributed by atoms with Gasteiger partial charge in [0, 0.05) is 17.3 Å². The van der Waals surface area contributed by atoms with Gasteiger partial charge in [0.05, 0.1) is 11.6 Å². The average molecular weight is 289 g/mol. The molecule has 6 heteroatoms. The maximum absolute atomic E-state index is 13.4. The van der Waals surface area contributed by atoms with Crippen LogP contribution in [0.2, 0.25) is 0 Å². The summed E-state index contributed by atoms with van der Waals surface area (Å²) in [5.74, 6) is -1.40. The smallest absolute Gasteiger partial charge is 0.338 e. The first kappa shape index (κ1) is 13.2. The second-order valence-electron chi connectivity index (χ2n) is 4.73. The van der Waals surface area contributed by atoms with Crippen LogP contribution >= 0.6 is 0 Å². The summed E-state index contributed by atoms with van der Waals surface area (Å²) in [7, 11) is 0. The lowest BCUT2D eigenvalue weighted by molar-refractivity contribution is 0.0692. The van der Waals surface area contributed by atoms with Crippen LogP contribution in [0, 0.1) is 5.82 Å². The molecular weight excluding hydrogens is 277 g/mol. The summed E-state index contributed by atoms with van der Waals surface area (Å²) < 4.78 is 18.8. The van der Waals surface area contributed by atoms with Crippen molar-refractivity contribution in [3.05, 3.63) is 53.3 Å². The Morgan fingerprint density at radius 2 is 2.10 bits per heavy atom. The molecule has 1 aliphatic heterocycles. The van der Waals surface area contributed by atoms with E-state index in [0.29, 0.717) is 18.0 Å². The maximum Gasteiger partial charge on any atom is 0.338 e. The lowest BCUT2D eigenvalue weighted by Gasteiger charge is -2.14. The fourth-order valence-corrected chi connectivity index (χ4v) is 2.30. The van der Waals surface area contributed by atoms with Gasteiger partial charge in [-0.25, -0.2) is 9.18 Å². The first-order valence-electron chi connectivity index (χ1n) is 6.29. The van der Waals surface area contributed by atoms with Crippen LogP contribution in [0.5, 0.6) is 11.5 Å².